The standard InChI is InChI=1S/C38H71NO11/c1-33(2,3)38(47,34(4,5)6)37(28-49-27-23-32(45)50-35(7,8)9,36(46,24-21-29(40)41)25-22-30(42)43)39-26-19-17-15-13-11-12-14-16-18-20-31(44)48-10/h39,46-47H,11-28H2,1-10H3,(H,40,41)(H,42,43). The van der Waals surface area contributed by atoms with Crippen LogP contribution in [0.3, 0.4) is 0 Å². The molecular formula is C38H71NO11. The zero-order valence-electron chi connectivity index (χ0n) is 32.9. The summed E-state index contributed by atoms with van der Waals surface area (Å²) in [5.41, 5.74) is -8.20. The summed E-state index contributed by atoms with van der Waals surface area (Å²) in [6.45, 7) is 16.2. The van der Waals surface area contributed by atoms with E-state index in [1.165, 1.54) is 7.11 Å². The van der Waals surface area contributed by atoms with Crippen LogP contribution in [0.1, 0.15) is 159 Å². The van der Waals surface area contributed by atoms with Crippen molar-refractivity contribution in [2.75, 3.05) is 26.9 Å². The van der Waals surface area contributed by atoms with E-state index in [1.807, 2.05) is 41.5 Å². The number of nitrogens with one attached hydrogen (secondary N) is 1. The van der Waals surface area contributed by atoms with Crippen LogP contribution >= 0.6 is 0 Å². The zero-order chi connectivity index (χ0) is 38.9. The number of aliphatic carboxylic acids is 2. The highest BCUT2D eigenvalue weighted by Crippen LogP contribution is 2.55. The third kappa shape index (κ3) is 15.5. The lowest BCUT2D eigenvalue weighted by molar-refractivity contribution is -0.264. The summed E-state index contributed by atoms with van der Waals surface area (Å²) in [4.78, 5) is 47.6. The fraction of sp³-hybridized carbons (Fsp3) is 0.895. The van der Waals surface area contributed by atoms with Gasteiger partial charge in [-0.15, -0.1) is 0 Å². The minimum absolute atomic E-state index is 0.0925. The van der Waals surface area contributed by atoms with Gasteiger partial charge in [-0.3, -0.25) is 19.2 Å². The molecule has 294 valence electrons. The van der Waals surface area contributed by atoms with Gasteiger partial charge in [0.25, 0.3) is 0 Å². The van der Waals surface area contributed by atoms with Gasteiger partial charge in [0.1, 0.15) is 11.1 Å². The van der Waals surface area contributed by atoms with Gasteiger partial charge in [-0.25, -0.2) is 0 Å². The van der Waals surface area contributed by atoms with Crippen molar-refractivity contribution in [3.05, 3.63) is 0 Å². The van der Waals surface area contributed by atoms with Crippen LogP contribution in [0.25, 0.3) is 0 Å². The summed E-state index contributed by atoms with van der Waals surface area (Å²) < 4.78 is 16.2. The second kappa shape index (κ2) is 21.3. The SMILES string of the molecule is COC(=O)CCCCCCCCCCCNC(COCCC(=O)OC(C)(C)C)(C(O)(CCC(=O)O)CCC(=O)O)C(O)(C(C)(C)C)C(C)(C)C. The van der Waals surface area contributed by atoms with E-state index in [1.54, 1.807) is 20.8 Å². The van der Waals surface area contributed by atoms with Crippen LogP contribution < -0.4 is 5.32 Å². The lowest BCUT2D eigenvalue weighted by Crippen LogP contribution is -2.83. The topological polar surface area (TPSA) is 189 Å². The fourth-order valence-corrected chi connectivity index (χ4v) is 7.31. The molecule has 0 aromatic carbocycles. The maximum Gasteiger partial charge on any atom is 0.308 e. The van der Waals surface area contributed by atoms with Crippen molar-refractivity contribution in [2.24, 2.45) is 10.8 Å². The number of carbonyl (C=O) groups excluding carboxylic acids is 2. The fourth-order valence-electron chi connectivity index (χ4n) is 7.31. The Bertz CT molecular complexity index is 1010. The normalized spacial score (nSPS) is 14.2. The molecule has 12 nitrogen and oxygen atoms in total. The molecule has 1 atom stereocenters. The van der Waals surface area contributed by atoms with Crippen molar-refractivity contribution in [2.45, 2.75) is 181 Å². The molecule has 0 saturated carbocycles. The van der Waals surface area contributed by atoms with Gasteiger partial charge in [0, 0.05) is 19.3 Å². The average molecular weight is 718 g/mol. The molecule has 12 heteroatoms. The minimum Gasteiger partial charge on any atom is -0.481 e. The van der Waals surface area contributed by atoms with Crippen LogP contribution in [-0.4, -0.2) is 93.5 Å². The highest BCUT2D eigenvalue weighted by atomic mass is 16.6. The van der Waals surface area contributed by atoms with Gasteiger partial charge in [0.05, 0.1) is 37.9 Å². The number of carbonyl (C=O) groups is 4. The van der Waals surface area contributed by atoms with Crippen LogP contribution in [0.4, 0.5) is 0 Å². The Kier molecular flexibility index (Phi) is 20.3. The number of unbranched alkanes of at least 4 members (excludes halogenated alkanes) is 8. The quantitative estimate of drug-likeness (QED) is 0.0489. The van der Waals surface area contributed by atoms with Gasteiger partial charge >= 0.3 is 23.9 Å². The predicted molar refractivity (Wildman–Crippen MR) is 193 cm³/mol. The number of carboxylic acid groups (broad SMARTS) is 2. The number of methoxy groups -OCH3 is 1. The third-order valence-corrected chi connectivity index (χ3v) is 9.49. The van der Waals surface area contributed by atoms with Crippen molar-refractivity contribution in [1.29, 1.82) is 0 Å². The van der Waals surface area contributed by atoms with E-state index in [4.69, 9.17) is 9.47 Å². The molecule has 0 aromatic rings. The Morgan fingerprint density at radius 3 is 1.44 bits per heavy atom. The van der Waals surface area contributed by atoms with Gasteiger partial charge in [0.15, 0.2) is 0 Å². The molecule has 0 aromatic heterocycles. The molecule has 0 fully saturated rings. The molecule has 1 unspecified atom stereocenters. The van der Waals surface area contributed by atoms with Crippen LogP contribution in [0, 0.1) is 10.8 Å². The molecule has 0 rings (SSSR count). The first-order valence-corrected chi connectivity index (χ1v) is 18.4. The molecule has 50 heavy (non-hydrogen) atoms. The Morgan fingerprint density at radius 2 is 1.04 bits per heavy atom. The smallest absolute Gasteiger partial charge is 0.308 e. The van der Waals surface area contributed by atoms with Crippen LogP contribution in [0.15, 0.2) is 0 Å². The first-order valence-electron chi connectivity index (χ1n) is 18.4. The Balaban J connectivity index is 6.37. The van der Waals surface area contributed by atoms with Crippen molar-refractivity contribution < 1.29 is 53.8 Å². The maximum atomic E-state index is 13.1. The first kappa shape index (κ1) is 47.7. The van der Waals surface area contributed by atoms with Crippen LogP contribution in [-0.2, 0) is 33.4 Å². The highest BCUT2D eigenvalue weighted by Gasteiger charge is 2.69. The third-order valence-electron chi connectivity index (χ3n) is 9.49. The lowest BCUT2D eigenvalue weighted by atomic mass is 9.49. The van der Waals surface area contributed by atoms with E-state index in [0.29, 0.717) is 19.4 Å². The summed E-state index contributed by atoms with van der Waals surface area (Å²) in [5.74, 6) is -3.00. The molecule has 5 N–H and O–H groups in total. The number of aliphatic hydroxyl groups is 2. The maximum absolute atomic E-state index is 13.1. The van der Waals surface area contributed by atoms with Crippen molar-refractivity contribution in [3.8, 4) is 0 Å². The van der Waals surface area contributed by atoms with Crippen LogP contribution in [0.2, 0.25) is 0 Å². The molecule has 0 bridgehead atoms. The molecule has 0 saturated heterocycles. The van der Waals surface area contributed by atoms with Crippen molar-refractivity contribution in [1.82, 2.24) is 5.32 Å². The molecule has 0 aliphatic heterocycles. The summed E-state index contributed by atoms with van der Waals surface area (Å²) in [6.07, 6.45) is 7.28. The van der Waals surface area contributed by atoms with Crippen molar-refractivity contribution >= 4 is 23.9 Å². The van der Waals surface area contributed by atoms with E-state index in [9.17, 15) is 39.6 Å². The lowest BCUT2D eigenvalue weighted by Gasteiger charge is -2.65. The molecular weight excluding hydrogens is 646 g/mol. The first-order chi connectivity index (χ1) is 22.9. The number of esters is 2. The predicted octanol–water partition coefficient (Wildman–Crippen LogP) is 6.42. The Hall–Kier alpha value is -2.28. The number of carboxylic acids is 2. The Labute approximate surface area is 301 Å². The highest BCUT2D eigenvalue weighted by molar-refractivity contribution is 5.70. The largest absolute Gasteiger partial charge is 0.481 e. The van der Waals surface area contributed by atoms with Gasteiger partial charge in [-0.2, -0.15) is 0 Å². The van der Waals surface area contributed by atoms with E-state index >= 15 is 0 Å². The minimum atomic E-state index is -2.06. The van der Waals surface area contributed by atoms with Gasteiger partial charge < -0.3 is 40.0 Å². The van der Waals surface area contributed by atoms with Gasteiger partial charge in [0.2, 0.25) is 0 Å². The van der Waals surface area contributed by atoms with Crippen LogP contribution in [0.5, 0.6) is 0 Å². The van der Waals surface area contributed by atoms with Gasteiger partial charge in [-0.1, -0.05) is 86.5 Å². The van der Waals surface area contributed by atoms with E-state index in [-0.39, 0.29) is 38.4 Å². The molecule has 0 spiro atoms. The number of ether oxygens (including phenoxy) is 3. The zero-order valence-corrected chi connectivity index (χ0v) is 32.9. The molecule has 0 radical (unpaired) electrons. The Morgan fingerprint density at radius 1 is 0.600 bits per heavy atom. The molecule has 0 aliphatic rings. The monoisotopic (exact) mass is 718 g/mol. The number of rotatable bonds is 26. The van der Waals surface area contributed by atoms with E-state index in [2.05, 4.69) is 10.1 Å². The second-order valence-electron chi connectivity index (χ2n) is 16.8. The average Bonchev–Trinajstić information content (AvgIpc) is 2.97. The number of hydrogen-bond acceptors (Lipinski definition) is 10. The summed E-state index contributed by atoms with van der Waals surface area (Å²) in [5, 5.41) is 48.7. The summed E-state index contributed by atoms with van der Waals surface area (Å²) in [7, 11) is 1.40. The summed E-state index contributed by atoms with van der Waals surface area (Å²) in [6, 6.07) is 0. The molecule has 0 amide bonds. The molecule has 0 heterocycles. The van der Waals surface area contributed by atoms with Crippen molar-refractivity contribution in [3.63, 3.8) is 0 Å². The second-order valence-corrected chi connectivity index (χ2v) is 16.8. The number of hydrogen-bond donors (Lipinski definition) is 5. The van der Waals surface area contributed by atoms with E-state index in [0.717, 1.165) is 51.4 Å². The van der Waals surface area contributed by atoms with Gasteiger partial charge in [-0.05, 0) is 63.8 Å². The van der Waals surface area contributed by atoms with E-state index < -0.39 is 63.9 Å². The summed E-state index contributed by atoms with van der Waals surface area (Å²) >= 11 is 0. The molecule has 0 aliphatic carbocycles.